The van der Waals surface area contributed by atoms with Gasteiger partial charge >= 0.3 is 0 Å². The smallest absolute Gasteiger partial charge is 0.148 e. The van der Waals surface area contributed by atoms with Crippen molar-refractivity contribution < 1.29 is 5.11 Å². The second-order valence-corrected chi connectivity index (χ2v) is 4.27. The van der Waals surface area contributed by atoms with Crippen molar-refractivity contribution in [1.82, 2.24) is 4.98 Å². The summed E-state index contributed by atoms with van der Waals surface area (Å²) in [4.78, 5) is 4.27. The Morgan fingerprint density at radius 1 is 1.47 bits per heavy atom. The summed E-state index contributed by atoms with van der Waals surface area (Å²) in [5.41, 5.74) is 0.696. The molecule has 0 unspecified atom stereocenters. The van der Waals surface area contributed by atoms with Crippen molar-refractivity contribution in [3.63, 3.8) is 0 Å². The number of halogens is 1. The first kappa shape index (κ1) is 10.3. The molecular formula is C11H8ClNOS. The van der Waals surface area contributed by atoms with Gasteiger partial charge in [-0.05, 0) is 17.5 Å². The highest BCUT2D eigenvalue weighted by molar-refractivity contribution is 8.02. The van der Waals surface area contributed by atoms with Gasteiger partial charge < -0.3 is 5.11 Å². The molecule has 0 aliphatic heterocycles. The molecule has 0 fully saturated rings. The fourth-order valence-corrected chi connectivity index (χ4v) is 2.01. The van der Waals surface area contributed by atoms with Crippen LogP contribution in [0.1, 0.15) is 0 Å². The number of pyridine rings is 1. The van der Waals surface area contributed by atoms with Gasteiger partial charge in [-0.1, -0.05) is 42.1 Å². The zero-order valence-electron chi connectivity index (χ0n) is 7.77. The molecule has 15 heavy (non-hydrogen) atoms. The van der Waals surface area contributed by atoms with Crippen LogP contribution in [0.15, 0.2) is 41.3 Å². The quantitative estimate of drug-likeness (QED) is 0.806. The van der Waals surface area contributed by atoms with Crippen LogP contribution in [0.25, 0.3) is 10.9 Å². The van der Waals surface area contributed by atoms with Crippen LogP contribution in [0.4, 0.5) is 0 Å². The average molecular weight is 238 g/mol. The number of thioether (sulfide) groups is 1. The third-order valence-electron chi connectivity index (χ3n) is 1.94. The molecule has 0 saturated heterocycles. The zero-order chi connectivity index (χ0) is 10.8. The third-order valence-corrected chi connectivity index (χ3v) is 2.93. The van der Waals surface area contributed by atoms with E-state index < -0.39 is 0 Å². The van der Waals surface area contributed by atoms with Crippen molar-refractivity contribution in [1.29, 1.82) is 0 Å². The molecule has 4 heteroatoms. The number of aromatic hydroxyl groups is 1. The van der Waals surface area contributed by atoms with Gasteiger partial charge in [0.15, 0.2) is 0 Å². The Labute approximate surface area is 96.6 Å². The topological polar surface area (TPSA) is 33.1 Å². The molecule has 2 rings (SSSR count). The van der Waals surface area contributed by atoms with Gasteiger partial charge in [0.25, 0.3) is 0 Å². The molecule has 0 bridgehead atoms. The second-order valence-electron chi connectivity index (χ2n) is 2.91. The fourth-order valence-electron chi connectivity index (χ4n) is 1.30. The maximum absolute atomic E-state index is 9.66. The van der Waals surface area contributed by atoms with Crippen LogP contribution in [0.5, 0.6) is 5.75 Å². The van der Waals surface area contributed by atoms with E-state index in [1.54, 1.807) is 17.5 Å². The molecule has 0 aliphatic rings. The molecule has 1 N–H and O–H groups in total. The Morgan fingerprint density at radius 3 is 3.00 bits per heavy atom. The van der Waals surface area contributed by atoms with Crippen molar-refractivity contribution >= 4 is 34.3 Å². The Bertz CT molecular complexity index is 527. The van der Waals surface area contributed by atoms with Crippen LogP contribution in [0, 0.1) is 0 Å². The van der Waals surface area contributed by atoms with Crippen molar-refractivity contribution in [2.45, 2.75) is 5.03 Å². The highest BCUT2D eigenvalue weighted by Crippen LogP contribution is 2.32. The van der Waals surface area contributed by atoms with E-state index >= 15 is 0 Å². The minimum Gasteiger partial charge on any atom is -0.505 e. The summed E-state index contributed by atoms with van der Waals surface area (Å²) in [6, 6.07) is 7.11. The Hall–Kier alpha value is -1.19. The number of benzene rings is 1. The first-order chi connectivity index (χ1) is 7.22. The molecule has 0 radical (unpaired) electrons. The molecule has 1 heterocycles. The SMILES string of the molecule is C=CSc1nc2c(Cl)cccc2cc1O. The van der Waals surface area contributed by atoms with E-state index in [1.165, 1.54) is 11.8 Å². The minimum atomic E-state index is 0.148. The predicted molar refractivity (Wildman–Crippen MR) is 64.5 cm³/mol. The van der Waals surface area contributed by atoms with Crippen LogP contribution >= 0.6 is 23.4 Å². The summed E-state index contributed by atoms with van der Waals surface area (Å²) in [5, 5.41) is 13.2. The van der Waals surface area contributed by atoms with Gasteiger partial charge in [-0.2, -0.15) is 0 Å². The largest absolute Gasteiger partial charge is 0.505 e. The third kappa shape index (κ3) is 1.94. The van der Waals surface area contributed by atoms with Gasteiger partial charge in [-0.15, -0.1) is 0 Å². The number of aromatic nitrogens is 1. The van der Waals surface area contributed by atoms with Gasteiger partial charge in [0, 0.05) is 5.39 Å². The molecule has 1 aromatic heterocycles. The summed E-state index contributed by atoms with van der Waals surface area (Å²) in [7, 11) is 0. The summed E-state index contributed by atoms with van der Waals surface area (Å²) in [6.07, 6.45) is 0. The van der Waals surface area contributed by atoms with E-state index in [1.807, 2.05) is 12.1 Å². The normalized spacial score (nSPS) is 10.5. The molecule has 0 aliphatic carbocycles. The van der Waals surface area contributed by atoms with E-state index in [2.05, 4.69) is 11.6 Å². The highest BCUT2D eigenvalue weighted by atomic mass is 35.5. The molecule has 1 aromatic carbocycles. The van der Waals surface area contributed by atoms with Crippen LogP contribution in [0.3, 0.4) is 0 Å². The fraction of sp³-hybridized carbons (Fsp3) is 0. The second kappa shape index (κ2) is 4.13. The number of hydrogen-bond donors (Lipinski definition) is 1. The monoisotopic (exact) mass is 237 g/mol. The molecule has 2 nitrogen and oxygen atoms in total. The lowest BCUT2D eigenvalue weighted by Crippen LogP contribution is -1.84. The van der Waals surface area contributed by atoms with E-state index in [0.29, 0.717) is 15.6 Å². The maximum atomic E-state index is 9.66. The summed E-state index contributed by atoms with van der Waals surface area (Å²) in [5.74, 6) is 0.148. The summed E-state index contributed by atoms with van der Waals surface area (Å²) < 4.78 is 0. The van der Waals surface area contributed by atoms with Crippen LogP contribution < -0.4 is 0 Å². The van der Waals surface area contributed by atoms with E-state index in [-0.39, 0.29) is 5.75 Å². The van der Waals surface area contributed by atoms with E-state index in [0.717, 1.165) is 5.39 Å². The van der Waals surface area contributed by atoms with Crippen molar-refractivity contribution in [2.24, 2.45) is 0 Å². The lowest BCUT2D eigenvalue weighted by molar-refractivity contribution is 0.458. The van der Waals surface area contributed by atoms with Gasteiger partial charge in [0.2, 0.25) is 0 Å². The van der Waals surface area contributed by atoms with Gasteiger partial charge in [0.1, 0.15) is 10.8 Å². The van der Waals surface area contributed by atoms with Crippen molar-refractivity contribution in [3.8, 4) is 5.75 Å². The Kier molecular flexibility index (Phi) is 2.84. The molecule has 0 spiro atoms. The average Bonchev–Trinajstić information content (AvgIpc) is 2.21. The molecular weight excluding hydrogens is 230 g/mol. The standard InChI is InChI=1S/C11H8ClNOS/c1-2-15-11-9(14)6-7-4-3-5-8(12)10(7)13-11/h2-6,14H,1H2. The molecule has 0 saturated carbocycles. The van der Waals surface area contributed by atoms with Gasteiger partial charge in [-0.3, -0.25) is 0 Å². The maximum Gasteiger partial charge on any atom is 0.148 e. The van der Waals surface area contributed by atoms with Gasteiger partial charge in [0.05, 0.1) is 10.5 Å². The molecule has 0 amide bonds. The Balaban J connectivity index is 2.71. The van der Waals surface area contributed by atoms with Crippen molar-refractivity contribution in [3.05, 3.63) is 41.3 Å². The zero-order valence-corrected chi connectivity index (χ0v) is 9.35. The number of nitrogens with zero attached hydrogens (tertiary/aromatic N) is 1. The first-order valence-corrected chi connectivity index (χ1v) is 5.54. The highest BCUT2D eigenvalue weighted by Gasteiger charge is 2.07. The lowest BCUT2D eigenvalue weighted by atomic mass is 10.2. The Morgan fingerprint density at radius 2 is 2.27 bits per heavy atom. The summed E-state index contributed by atoms with van der Waals surface area (Å²) in [6.45, 7) is 3.58. The predicted octanol–water partition coefficient (Wildman–Crippen LogP) is 3.83. The van der Waals surface area contributed by atoms with Gasteiger partial charge in [-0.25, -0.2) is 4.98 Å². The lowest BCUT2D eigenvalue weighted by Gasteiger charge is -2.04. The van der Waals surface area contributed by atoms with Crippen LogP contribution in [-0.2, 0) is 0 Å². The number of hydrogen-bond acceptors (Lipinski definition) is 3. The minimum absolute atomic E-state index is 0.148. The van der Waals surface area contributed by atoms with Crippen LogP contribution in [-0.4, -0.2) is 10.1 Å². The summed E-state index contributed by atoms with van der Waals surface area (Å²) >= 11 is 7.27. The molecule has 76 valence electrons. The van der Waals surface area contributed by atoms with Crippen LogP contribution in [0.2, 0.25) is 5.02 Å². The van der Waals surface area contributed by atoms with Crippen molar-refractivity contribution in [2.75, 3.05) is 0 Å². The number of rotatable bonds is 2. The first-order valence-electron chi connectivity index (χ1n) is 4.28. The number of fused-ring (bicyclic) bond motifs is 1. The van der Waals surface area contributed by atoms with E-state index in [9.17, 15) is 5.11 Å². The molecule has 2 aromatic rings. The molecule has 0 atom stereocenters. The number of para-hydroxylation sites is 1. The van der Waals surface area contributed by atoms with E-state index in [4.69, 9.17) is 11.6 Å².